The summed E-state index contributed by atoms with van der Waals surface area (Å²) in [6.45, 7) is 4.51. The number of aliphatic imine (C=N–C) groups is 1. The summed E-state index contributed by atoms with van der Waals surface area (Å²) in [5.74, 6) is 2.20. The molecule has 1 aliphatic rings. The average molecular weight is 388 g/mol. The van der Waals surface area contributed by atoms with Crippen LogP contribution in [0.1, 0.15) is 36.5 Å². The first-order chi connectivity index (χ1) is 13.5. The molecule has 8 heteroatoms. The number of hydrogen-bond donors (Lipinski definition) is 2. The average Bonchev–Trinajstić information content (AvgIpc) is 3.42. The SMILES string of the molecule is COCCCNC(=NCc1nnc(C)n1C)NCC1(c2cccc(F)c2)CC1. The molecular formula is C20H29FN6O. The molecule has 1 heterocycles. The van der Waals surface area contributed by atoms with Crippen molar-refractivity contribution in [2.75, 3.05) is 26.8 Å². The predicted octanol–water partition coefficient (Wildman–Crippen LogP) is 2.07. The Morgan fingerprint density at radius 2 is 2.14 bits per heavy atom. The van der Waals surface area contributed by atoms with E-state index < -0.39 is 0 Å². The van der Waals surface area contributed by atoms with Crippen LogP contribution in [0.5, 0.6) is 0 Å². The Balaban J connectivity index is 1.64. The topological polar surface area (TPSA) is 76.4 Å². The molecule has 1 aliphatic carbocycles. The lowest BCUT2D eigenvalue weighted by atomic mass is 9.96. The fraction of sp³-hybridized carbons (Fsp3) is 0.550. The summed E-state index contributed by atoms with van der Waals surface area (Å²) in [4.78, 5) is 4.66. The molecule has 28 heavy (non-hydrogen) atoms. The van der Waals surface area contributed by atoms with Crippen molar-refractivity contribution in [3.8, 4) is 0 Å². The Labute approximate surface area is 165 Å². The van der Waals surface area contributed by atoms with Crippen LogP contribution in [0, 0.1) is 12.7 Å². The van der Waals surface area contributed by atoms with Crippen LogP contribution in [0.2, 0.25) is 0 Å². The molecule has 1 aromatic carbocycles. The fourth-order valence-corrected chi connectivity index (χ4v) is 3.13. The van der Waals surface area contributed by atoms with Gasteiger partial charge in [0.25, 0.3) is 0 Å². The minimum atomic E-state index is -0.187. The van der Waals surface area contributed by atoms with Crippen molar-refractivity contribution in [3.05, 3.63) is 47.3 Å². The van der Waals surface area contributed by atoms with E-state index in [9.17, 15) is 4.39 Å². The van der Waals surface area contributed by atoms with Crippen LogP contribution in [0.4, 0.5) is 4.39 Å². The number of rotatable bonds is 9. The Morgan fingerprint density at radius 1 is 1.32 bits per heavy atom. The predicted molar refractivity (Wildman–Crippen MR) is 107 cm³/mol. The van der Waals surface area contributed by atoms with Gasteiger partial charge >= 0.3 is 0 Å². The van der Waals surface area contributed by atoms with Crippen molar-refractivity contribution in [2.45, 2.75) is 38.1 Å². The summed E-state index contributed by atoms with van der Waals surface area (Å²) in [5.41, 5.74) is 1.03. The van der Waals surface area contributed by atoms with Gasteiger partial charge in [0, 0.05) is 39.3 Å². The fourth-order valence-electron chi connectivity index (χ4n) is 3.13. The molecule has 2 N–H and O–H groups in total. The summed E-state index contributed by atoms with van der Waals surface area (Å²) < 4.78 is 20.7. The molecule has 1 aromatic heterocycles. The first-order valence-corrected chi connectivity index (χ1v) is 9.66. The molecular weight excluding hydrogens is 359 g/mol. The van der Waals surface area contributed by atoms with Crippen molar-refractivity contribution in [1.82, 2.24) is 25.4 Å². The van der Waals surface area contributed by atoms with E-state index in [1.807, 2.05) is 24.6 Å². The van der Waals surface area contributed by atoms with Crippen LogP contribution in [-0.4, -0.2) is 47.5 Å². The monoisotopic (exact) mass is 388 g/mol. The maximum Gasteiger partial charge on any atom is 0.191 e. The van der Waals surface area contributed by atoms with E-state index in [-0.39, 0.29) is 11.2 Å². The van der Waals surface area contributed by atoms with Gasteiger partial charge in [0.1, 0.15) is 18.2 Å². The zero-order valence-corrected chi connectivity index (χ0v) is 16.8. The number of ether oxygens (including phenoxy) is 1. The van der Waals surface area contributed by atoms with E-state index in [1.54, 1.807) is 19.2 Å². The number of methoxy groups -OCH3 is 1. The van der Waals surface area contributed by atoms with Gasteiger partial charge in [0.2, 0.25) is 0 Å². The first-order valence-electron chi connectivity index (χ1n) is 9.66. The van der Waals surface area contributed by atoms with E-state index in [4.69, 9.17) is 4.74 Å². The Morgan fingerprint density at radius 3 is 2.79 bits per heavy atom. The number of nitrogens with zero attached hydrogens (tertiary/aromatic N) is 4. The summed E-state index contributed by atoms with van der Waals surface area (Å²) in [7, 11) is 3.63. The van der Waals surface area contributed by atoms with Crippen molar-refractivity contribution < 1.29 is 9.13 Å². The zero-order valence-electron chi connectivity index (χ0n) is 16.8. The summed E-state index contributed by atoms with van der Waals surface area (Å²) in [6, 6.07) is 6.90. The molecule has 152 valence electrons. The molecule has 0 aliphatic heterocycles. The number of guanidine groups is 1. The Bertz CT molecular complexity index is 815. The molecule has 0 saturated heterocycles. The lowest BCUT2D eigenvalue weighted by molar-refractivity contribution is 0.195. The quantitative estimate of drug-likeness (QED) is 0.391. The second-order valence-electron chi connectivity index (χ2n) is 7.30. The highest BCUT2D eigenvalue weighted by Gasteiger charge is 2.44. The maximum absolute atomic E-state index is 13.6. The maximum atomic E-state index is 13.6. The molecule has 0 unspecified atom stereocenters. The summed E-state index contributed by atoms with van der Waals surface area (Å²) in [6.07, 6.45) is 2.97. The molecule has 0 atom stereocenters. The second kappa shape index (κ2) is 9.14. The third-order valence-corrected chi connectivity index (χ3v) is 5.26. The van der Waals surface area contributed by atoms with Crippen LogP contribution in [0.25, 0.3) is 0 Å². The van der Waals surface area contributed by atoms with Gasteiger partial charge in [-0.2, -0.15) is 0 Å². The van der Waals surface area contributed by atoms with E-state index in [0.717, 1.165) is 49.0 Å². The van der Waals surface area contributed by atoms with Gasteiger partial charge < -0.3 is 19.9 Å². The van der Waals surface area contributed by atoms with Gasteiger partial charge in [-0.3, -0.25) is 0 Å². The lowest BCUT2D eigenvalue weighted by Crippen LogP contribution is -2.42. The van der Waals surface area contributed by atoms with E-state index in [1.165, 1.54) is 6.07 Å². The number of aryl methyl sites for hydroxylation is 1. The molecule has 0 amide bonds. The van der Waals surface area contributed by atoms with E-state index >= 15 is 0 Å². The van der Waals surface area contributed by atoms with Crippen LogP contribution < -0.4 is 10.6 Å². The minimum absolute atomic E-state index is 0.0154. The van der Waals surface area contributed by atoms with Gasteiger partial charge in [-0.25, -0.2) is 9.38 Å². The van der Waals surface area contributed by atoms with Gasteiger partial charge in [0.05, 0.1) is 0 Å². The highest BCUT2D eigenvalue weighted by atomic mass is 19.1. The van der Waals surface area contributed by atoms with Crippen molar-refractivity contribution in [2.24, 2.45) is 12.0 Å². The largest absolute Gasteiger partial charge is 0.385 e. The van der Waals surface area contributed by atoms with Gasteiger partial charge in [0.15, 0.2) is 11.8 Å². The van der Waals surface area contributed by atoms with E-state index in [0.29, 0.717) is 19.7 Å². The van der Waals surface area contributed by atoms with Crippen molar-refractivity contribution in [3.63, 3.8) is 0 Å². The van der Waals surface area contributed by atoms with Crippen LogP contribution in [0.15, 0.2) is 29.3 Å². The molecule has 3 rings (SSSR count). The van der Waals surface area contributed by atoms with Crippen molar-refractivity contribution >= 4 is 5.96 Å². The number of aromatic nitrogens is 3. The second-order valence-corrected chi connectivity index (χ2v) is 7.30. The first kappa shape index (κ1) is 20.3. The van der Waals surface area contributed by atoms with Crippen molar-refractivity contribution in [1.29, 1.82) is 0 Å². The van der Waals surface area contributed by atoms with Crippen LogP contribution in [0.3, 0.4) is 0 Å². The Kier molecular flexibility index (Phi) is 6.61. The minimum Gasteiger partial charge on any atom is -0.385 e. The molecule has 0 bridgehead atoms. The van der Waals surface area contributed by atoms with Crippen LogP contribution >= 0.6 is 0 Å². The Hall–Kier alpha value is -2.48. The van der Waals surface area contributed by atoms with Crippen LogP contribution in [-0.2, 0) is 23.7 Å². The van der Waals surface area contributed by atoms with Gasteiger partial charge in [-0.15, -0.1) is 10.2 Å². The number of nitrogens with one attached hydrogen (secondary N) is 2. The molecule has 0 spiro atoms. The van der Waals surface area contributed by atoms with E-state index in [2.05, 4.69) is 25.8 Å². The molecule has 0 radical (unpaired) electrons. The normalized spacial score (nSPS) is 15.5. The third-order valence-electron chi connectivity index (χ3n) is 5.26. The van der Waals surface area contributed by atoms with Gasteiger partial charge in [-0.1, -0.05) is 12.1 Å². The molecule has 2 aromatic rings. The van der Waals surface area contributed by atoms with Gasteiger partial charge in [-0.05, 0) is 43.9 Å². The number of benzene rings is 1. The standard InChI is InChI=1S/C20H29FN6O/c1-15-25-26-18(27(15)2)13-23-19(22-10-5-11-28-3)24-14-20(8-9-20)16-6-4-7-17(21)12-16/h4,6-7,12H,5,8-11,13-14H2,1-3H3,(H2,22,23,24). The molecule has 1 saturated carbocycles. The smallest absolute Gasteiger partial charge is 0.191 e. The summed E-state index contributed by atoms with van der Waals surface area (Å²) in [5, 5.41) is 15.0. The molecule has 7 nitrogen and oxygen atoms in total. The summed E-state index contributed by atoms with van der Waals surface area (Å²) >= 11 is 0. The number of halogens is 1. The highest BCUT2D eigenvalue weighted by Crippen LogP contribution is 2.47. The lowest BCUT2D eigenvalue weighted by Gasteiger charge is -2.19. The third kappa shape index (κ3) is 5.07. The zero-order chi connectivity index (χ0) is 20.0. The molecule has 1 fully saturated rings. The number of hydrogen-bond acceptors (Lipinski definition) is 4. The highest BCUT2D eigenvalue weighted by molar-refractivity contribution is 5.80.